The van der Waals surface area contributed by atoms with Crippen molar-refractivity contribution in [3.63, 3.8) is 0 Å². The van der Waals surface area contributed by atoms with Gasteiger partial charge in [-0.25, -0.2) is 0 Å². The van der Waals surface area contributed by atoms with Gasteiger partial charge in [-0.3, -0.25) is 4.90 Å². The quantitative estimate of drug-likeness (QED) is 0.741. The van der Waals surface area contributed by atoms with Gasteiger partial charge in [0.25, 0.3) is 0 Å². The number of hydrogen-bond donors (Lipinski definition) is 0. The third kappa shape index (κ3) is 2.47. The van der Waals surface area contributed by atoms with Gasteiger partial charge in [-0.05, 0) is 23.1 Å². The molecule has 96 valence electrons. The minimum Gasteiger partial charge on any atom is -0.288 e. The van der Waals surface area contributed by atoms with E-state index in [0.29, 0.717) is 6.04 Å². The van der Waals surface area contributed by atoms with E-state index in [9.17, 15) is 0 Å². The van der Waals surface area contributed by atoms with E-state index in [1.165, 1.54) is 16.7 Å². The molecule has 1 aliphatic rings. The Morgan fingerprint density at radius 1 is 1.05 bits per heavy atom. The van der Waals surface area contributed by atoms with E-state index in [4.69, 9.17) is 0 Å². The summed E-state index contributed by atoms with van der Waals surface area (Å²) in [6.07, 6.45) is 3.08. The van der Waals surface area contributed by atoms with Crippen LogP contribution < -0.4 is 0 Å². The van der Waals surface area contributed by atoms with Crippen LogP contribution >= 0.6 is 0 Å². The van der Waals surface area contributed by atoms with Gasteiger partial charge in [-0.1, -0.05) is 60.7 Å². The first-order valence-electron chi connectivity index (χ1n) is 6.85. The van der Waals surface area contributed by atoms with E-state index in [-0.39, 0.29) is 0 Å². The molecule has 1 aliphatic heterocycles. The van der Waals surface area contributed by atoms with Crippen LogP contribution in [0.5, 0.6) is 0 Å². The molecule has 0 radical (unpaired) electrons. The van der Waals surface area contributed by atoms with Gasteiger partial charge < -0.3 is 0 Å². The van der Waals surface area contributed by atoms with Crippen LogP contribution in [0.3, 0.4) is 0 Å². The summed E-state index contributed by atoms with van der Waals surface area (Å²) in [7, 11) is 0. The van der Waals surface area contributed by atoms with E-state index in [1.54, 1.807) is 0 Å². The van der Waals surface area contributed by atoms with E-state index >= 15 is 0 Å². The fourth-order valence-corrected chi connectivity index (χ4v) is 2.96. The van der Waals surface area contributed by atoms with Crippen molar-refractivity contribution in [1.29, 1.82) is 0 Å². The summed E-state index contributed by atoms with van der Waals surface area (Å²) in [4.78, 5) is 2.50. The van der Waals surface area contributed by atoms with E-state index in [1.807, 2.05) is 6.08 Å². The Labute approximate surface area is 115 Å². The van der Waals surface area contributed by atoms with E-state index in [0.717, 1.165) is 19.5 Å². The molecule has 0 spiro atoms. The normalized spacial score (nSPS) is 18.2. The van der Waals surface area contributed by atoms with Crippen LogP contribution in [0, 0.1) is 0 Å². The van der Waals surface area contributed by atoms with Gasteiger partial charge in [0.1, 0.15) is 0 Å². The van der Waals surface area contributed by atoms with Gasteiger partial charge in [-0.15, -0.1) is 6.58 Å². The third-order valence-electron chi connectivity index (χ3n) is 3.86. The Hall–Kier alpha value is -1.86. The molecule has 1 atom stereocenters. The molecule has 19 heavy (non-hydrogen) atoms. The average molecular weight is 249 g/mol. The van der Waals surface area contributed by atoms with Gasteiger partial charge in [-0.2, -0.15) is 0 Å². The summed E-state index contributed by atoms with van der Waals surface area (Å²) in [6, 6.07) is 20.0. The predicted octanol–water partition coefficient (Wildman–Crippen LogP) is 3.97. The molecule has 1 nitrogen and oxygen atoms in total. The molecule has 0 amide bonds. The van der Waals surface area contributed by atoms with Gasteiger partial charge in [0, 0.05) is 19.1 Å². The average Bonchev–Trinajstić information content (AvgIpc) is 2.79. The zero-order valence-electron chi connectivity index (χ0n) is 11.1. The maximum atomic E-state index is 3.89. The van der Waals surface area contributed by atoms with Crippen molar-refractivity contribution in [2.45, 2.75) is 19.0 Å². The predicted molar refractivity (Wildman–Crippen MR) is 79.9 cm³/mol. The van der Waals surface area contributed by atoms with Crippen LogP contribution in [0.2, 0.25) is 0 Å². The van der Waals surface area contributed by atoms with Gasteiger partial charge >= 0.3 is 0 Å². The lowest BCUT2D eigenvalue weighted by atomic mass is 9.98. The van der Waals surface area contributed by atoms with Crippen LogP contribution in [-0.4, -0.2) is 11.4 Å². The molecule has 1 heteroatoms. The van der Waals surface area contributed by atoms with Crippen LogP contribution in [0.4, 0.5) is 0 Å². The Kier molecular flexibility index (Phi) is 3.47. The van der Waals surface area contributed by atoms with Crippen molar-refractivity contribution in [2.75, 3.05) is 6.54 Å². The van der Waals surface area contributed by atoms with Crippen LogP contribution in [0.15, 0.2) is 67.3 Å². The number of nitrogens with zero attached hydrogens (tertiary/aromatic N) is 1. The highest BCUT2D eigenvalue weighted by Gasteiger charge is 2.28. The topological polar surface area (TPSA) is 3.24 Å². The second kappa shape index (κ2) is 5.41. The lowest BCUT2D eigenvalue weighted by Crippen LogP contribution is -2.23. The molecule has 0 fully saturated rings. The lowest BCUT2D eigenvalue weighted by Gasteiger charge is -2.23. The summed E-state index contributed by atoms with van der Waals surface area (Å²) >= 11 is 0. The van der Waals surface area contributed by atoms with Gasteiger partial charge in [0.05, 0.1) is 0 Å². The zero-order chi connectivity index (χ0) is 13.1. The molecule has 1 unspecified atom stereocenters. The first kappa shape index (κ1) is 12.2. The van der Waals surface area contributed by atoms with Gasteiger partial charge in [0.15, 0.2) is 0 Å². The molecule has 0 saturated heterocycles. The number of fused-ring (bicyclic) bond motifs is 1. The summed E-state index contributed by atoms with van der Waals surface area (Å²) in [5.41, 5.74) is 4.34. The van der Waals surface area contributed by atoms with Crippen molar-refractivity contribution in [2.24, 2.45) is 0 Å². The minimum absolute atomic E-state index is 0.483. The molecule has 2 aromatic carbocycles. The Morgan fingerprint density at radius 3 is 2.58 bits per heavy atom. The summed E-state index contributed by atoms with van der Waals surface area (Å²) in [5.74, 6) is 0. The fraction of sp³-hybridized carbons (Fsp3) is 0.222. The Morgan fingerprint density at radius 2 is 1.79 bits per heavy atom. The van der Waals surface area contributed by atoms with Gasteiger partial charge in [0.2, 0.25) is 0 Å². The minimum atomic E-state index is 0.483. The first-order chi connectivity index (χ1) is 9.38. The molecule has 3 rings (SSSR count). The fourth-order valence-electron chi connectivity index (χ4n) is 2.96. The summed E-state index contributed by atoms with van der Waals surface area (Å²) in [5, 5.41) is 0. The molecule has 2 aromatic rings. The smallest absolute Gasteiger partial charge is 0.0398 e. The summed E-state index contributed by atoms with van der Waals surface area (Å²) in [6.45, 7) is 5.88. The number of rotatable bonds is 4. The van der Waals surface area contributed by atoms with Crippen molar-refractivity contribution in [3.8, 4) is 0 Å². The van der Waals surface area contributed by atoms with Crippen molar-refractivity contribution >= 4 is 0 Å². The molecule has 0 aromatic heterocycles. The third-order valence-corrected chi connectivity index (χ3v) is 3.86. The molecule has 1 heterocycles. The second-order valence-electron chi connectivity index (χ2n) is 5.12. The SMILES string of the molecule is C=CCN1Cc2ccccc2C1Cc1ccccc1. The van der Waals surface area contributed by atoms with E-state index < -0.39 is 0 Å². The molecular weight excluding hydrogens is 230 g/mol. The largest absolute Gasteiger partial charge is 0.288 e. The first-order valence-corrected chi connectivity index (χ1v) is 6.85. The Bertz CT molecular complexity index is 559. The number of hydrogen-bond acceptors (Lipinski definition) is 1. The maximum absolute atomic E-state index is 3.89. The van der Waals surface area contributed by atoms with E-state index in [2.05, 4.69) is 66.1 Å². The highest BCUT2D eigenvalue weighted by atomic mass is 15.2. The number of benzene rings is 2. The molecule has 0 N–H and O–H groups in total. The maximum Gasteiger partial charge on any atom is 0.0398 e. The van der Waals surface area contributed by atoms with Crippen LogP contribution in [0.1, 0.15) is 22.7 Å². The molecule has 0 aliphatic carbocycles. The van der Waals surface area contributed by atoms with Crippen molar-refractivity contribution in [3.05, 3.63) is 83.9 Å². The zero-order valence-corrected chi connectivity index (χ0v) is 11.1. The monoisotopic (exact) mass is 249 g/mol. The molecular formula is C18H19N. The second-order valence-corrected chi connectivity index (χ2v) is 5.12. The van der Waals surface area contributed by atoms with Crippen LogP contribution in [0.25, 0.3) is 0 Å². The Balaban J connectivity index is 1.89. The highest BCUT2D eigenvalue weighted by molar-refractivity contribution is 5.35. The van der Waals surface area contributed by atoms with Crippen LogP contribution in [-0.2, 0) is 13.0 Å². The lowest BCUT2D eigenvalue weighted by molar-refractivity contribution is 0.238. The molecule has 0 bridgehead atoms. The summed E-state index contributed by atoms with van der Waals surface area (Å²) < 4.78 is 0. The van der Waals surface area contributed by atoms with Crippen molar-refractivity contribution < 1.29 is 0 Å². The standard InChI is InChI=1S/C18H19N/c1-2-12-19-14-16-10-6-7-11-17(16)18(19)13-15-8-4-3-5-9-15/h2-11,18H,1,12-14H2. The highest BCUT2D eigenvalue weighted by Crippen LogP contribution is 2.35. The van der Waals surface area contributed by atoms with Crippen molar-refractivity contribution in [1.82, 2.24) is 4.90 Å². The molecule has 0 saturated carbocycles.